The smallest absolute Gasteiger partial charge is 0.0466 e. The number of hydrazine groups is 1. The lowest BCUT2D eigenvalue weighted by Gasteiger charge is -2.08. The van der Waals surface area contributed by atoms with Crippen LogP contribution in [0.5, 0.6) is 0 Å². The largest absolute Gasteiger partial charge is 0.381 e. The van der Waals surface area contributed by atoms with E-state index < -0.39 is 0 Å². The van der Waals surface area contributed by atoms with Gasteiger partial charge in [0.1, 0.15) is 0 Å². The van der Waals surface area contributed by atoms with Crippen molar-refractivity contribution in [3.8, 4) is 0 Å². The van der Waals surface area contributed by atoms with Gasteiger partial charge in [-0.25, -0.2) is 0 Å². The quantitative estimate of drug-likeness (QED) is 0.459. The SMILES string of the molecule is C1CCOCC1.C1CCOCC1.NN. The summed E-state index contributed by atoms with van der Waals surface area (Å²) in [7, 11) is 0. The lowest BCUT2D eigenvalue weighted by molar-refractivity contribution is 0.0967. The van der Waals surface area contributed by atoms with Gasteiger partial charge in [-0.15, -0.1) is 0 Å². The summed E-state index contributed by atoms with van der Waals surface area (Å²) in [5.41, 5.74) is 0. The molecule has 2 aliphatic rings. The van der Waals surface area contributed by atoms with Crippen LogP contribution in [-0.4, -0.2) is 26.4 Å². The molecule has 0 aliphatic carbocycles. The summed E-state index contributed by atoms with van der Waals surface area (Å²) in [6, 6.07) is 0. The number of ether oxygens (including phenoxy) is 2. The van der Waals surface area contributed by atoms with Crippen molar-refractivity contribution in [2.45, 2.75) is 38.5 Å². The first-order valence-corrected chi connectivity index (χ1v) is 5.49. The van der Waals surface area contributed by atoms with E-state index in [0.29, 0.717) is 0 Å². The van der Waals surface area contributed by atoms with E-state index in [1.165, 1.54) is 38.5 Å². The van der Waals surface area contributed by atoms with Gasteiger partial charge >= 0.3 is 0 Å². The van der Waals surface area contributed by atoms with Crippen LogP contribution >= 0.6 is 0 Å². The van der Waals surface area contributed by atoms with E-state index in [1.807, 2.05) is 0 Å². The first-order chi connectivity index (χ1) is 7.00. The predicted molar refractivity (Wildman–Crippen MR) is 57.7 cm³/mol. The van der Waals surface area contributed by atoms with Gasteiger partial charge in [0.25, 0.3) is 0 Å². The summed E-state index contributed by atoms with van der Waals surface area (Å²) in [6.07, 6.45) is 7.86. The Morgan fingerprint density at radius 3 is 0.857 bits per heavy atom. The van der Waals surface area contributed by atoms with E-state index >= 15 is 0 Å². The minimum Gasteiger partial charge on any atom is -0.381 e. The molecule has 0 aromatic rings. The van der Waals surface area contributed by atoms with Crippen molar-refractivity contribution in [3.63, 3.8) is 0 Å². The average molecular weight is 204 g/mol. The second kappa shape index (κ2) is 12.8. The number of hydrogen-bond donors (Lipinski definition) is 2. The van der Waals surface area contributed by atoms with E-state index in [-0.39, 0.29) is 0 Å². The van der Waals surface area contributed by atoms with E-state index in [4.69, 9.17) is 9.47 Å². The van der Waals surface area contributed by atoms with E-state index in [9.17, 15) is 0 Å². The van der Waals surface area contributed by atoms with E-state index in [0.717, 1.165) is 26.4 Å². The zero-order valence-electron chi connectivity index (χ0n) is 9.04. The molecule has 0 spiro atoms. The molecule has 4 nitrogen and oxygen atoms in total. The summed E-state index contributed by atoms with van der Waals surface area (Å²) in [4.78, 5) is 0. The van der Waals surface area contributed by atoms with Gasteiger partial charge < -0.3 is 9.47 Å². The van der Waals surface area contributed by atoms with Gasteiger partial charge in [0.05, 0.1) is 0 Å². The van der Waals surface area contributed by atoms with Gasteiger partial charge in [-0.3, -0.25) is 11.7 Å². The van der Waals surface area contributed by atoms with Crippen LogP contribution < -0.4 is 11.7 Å². The summed E-state index contributed by atoms with van der Waals surface area (Å²) >= 11 is 0. The Kier molecular flexibility index (Phi) is 12.7. The molecular formula is C10H24N2O2. The minimum absolute atomic E-state index is 1.00. The average Bonchev–Trinajstić information content (AvgIpc) is 2.37. The maximum atomic E-state index is 5.07. The van der Waals surface area contributed by atoms with Crippen molar-refractivity contribution in [3.05, 3.63) is 0 Å². The van der Waals surface area contributed by atoms with Crippen LogP contribution in [0.2, 0.25) is 0 Å². The molecule has 0 aromatic carbocycles. The van der Waals surface area contributed by atoms with Crippen LogP contribution in [0, 0.1) is 0 Å². The molecule has 0 radical (unpaired) electrons. The van der Waals surface area contributed by atoms with Crippen LogP contribution in [0.25, 0.3) is 0 Å². The molecule has 2 aliphatic heterocycles. The van der Waals surface area contributed by atoms with E-state index in [1.54, 1.807) is 0 Å². The Morgan fingerprint density at radius 1 is 0.500 bits per heavy atom. The molecule has 4 N–H and O–H groups in total. The fourth-order valence-corrected chi connectivity index (χ4v) is 1.37. The highest BCUT2D eigenvalue weighted by Crippen LogP contribution is 2.02. The van der Waals surface area contributed by atoms with Crippen LogP contribution in [0.15, 0.2) is 0 Å². The zero-order valence-corrected chi connectivity index (χ0v) is 9.04. The Morgan fingerprint density at radius 2 is 0.786 bits per heavy atom. The minimum atomic E-state index is 1.00. The van der Waals surface area contributed by atoms with Gasteiger partial charge in [-0.1, -0.05) is 0 Å². The third kappa shape index (κ3) is 9.92. The molecule has 14 heavy (non-hydrogen) atoms. The molecule has 2 fully saturated rings. The molecule has 4 heteroatoms. The summed E-state index contributed by atoms with van der Waals surface area (Å²) in [5, 5.41) is 0. The molecule has 0 bridgehead atoms. The Hall–Kier alpha value is -0.160. The Bertz CT molecular complexity index is 59.1. The van der Waals surface area contributed by atoms with Crippen molar-refractivity contribution >= 4 is 0 Å². The maximum Gasteiger partial charge on any atom is 0.0466 e. The summed E-state index contributed by atoms with van der Waals surface area (Å²) < 4.78 is 10.1. The highest BCUT2D eigenvalue weighted by molar-refractivity contribution is 4.45. The summed E-state index contributed by atoms with van der Waals surface area (Å²) in [5.74, 6) is 8.00. The van der Waals surface area contributed by atoms with Crippen LogP contribution in [-0.2, 0) is 9.47 Å². The molecular weight excluding hydrogens is 180 g/mol. The second-order valence-electron chi connectivity index (χ2n) is 3.35. The first kappa shape index (κ1) is 13.8. The first-order valence-electron chi connectivity index (χ1n) is 5.49. The normalized spacial score (nSPS) is 21.0. The fraction of sp³-hybridized carbons (Fsp3) is 1.00. The molecule has 0 amide bonds. The topological polar surface area (TPSA) is 70.5 Å². The molecule has 0 aromatic heterocycles. The predicted octanol–water partition coefficient (Wildman–Crippen LogP) is 1.19. The Balaban J connectivity index is 0.000000206. The maximum absolute atomic E-state index is 5.07. The second-order valence-corrected chi connectivity index (χ2v) is 3.35. The van der Waals surface area contributed by atoms with Gasteiger partial charge in [-0.2, -0.15) is 0 Å². The number of hydrogen-bond acceptors (Lipinski definition) is 4. The fourth-order valence-electron chi connectivity index (χ4n) is 1.37. The molecule has 0 atom stereocenters. The Labute approximate surface area is 86.9 Å². The lowest BCUT2D eigenvalue weighted by Crippen LogP contribution is -2.03. The highest BCUT2D eigenvalue weighted by atomic mass is 16.5. The van der Waals surface area contributed by atoms with Crippen molar-refractivity contribution in [1.82, 2.24) is 0 Å². The molecule has 0 unspecified atom stereocenters. The van der Waals surface area contributed by atoms with Gasteiger partial charge in [0.15, 0.2) is 0 Å². The molecule has 2 rings (SSSR count). The summed E-state index contributed by atoms with van der Waals surface area (Å²) in [6.45, 7) is 4.00. The zero-order chi connectivity index (χ0) is 10.5. The third-order valence-corrected chi connectivity index (χ3v) is 2.15. The van der Waals surface area contributed by atoms with Crippen LogP contribution in [0.1, 0.15) is 38.5 Å². The molecule has 2 heterocycles. The molecule has 2 saturated heterocycles. The lowest BCUT2D eigenvalue weighted by atomic mass is 10.2. The number of rotatable bonds is 0. The standard InChI is InChI=1S/2C5H10O.H4N2/c2*1-2-4-6-5-3-1;1-2/h2*1-5H2;1-2H2. The van der Waals surface area contributed by atoms with Crippen LogP contribution in [0.3, 0.4) is 0 Å². The molecule has 0 saturated carbocycles. The van der Waals surface area contributed by atoms with Crippen molar-refractivity contribution in [2.75, 3.05) is 26.4 Å². The molecule has 86 valence electrons. The number of nitrogens with two attached hydrogens (primary N) is 2. The van der Waals surface area contributed by atoms with Crippen LogP contribution in [0.4, 0.5) is 0 Å². The van der Waals surface area contributed by atoms with Crippen molar-refractivity contribution in [1.29, 1.82) is 0 Å². The van der Waals surface area contributed by atoms with Gasteiger partial charge in [0.2, 0.25) is 0 Å². The highest BCUT2D eigenvalue weighted by Gasteiger charge is 1.95. The van der Waals surface area contributed by atoms with E-state index in [2.05, 4.69) is 11.7 Å². The van der Waals surface area contributed by atoms with Crippen molar-refractivity contribution in [2.24, 2.45) is 11.7 Å². The van der Waals surface area contributed by atoms with Crippen molar-refractivity contribution < 1.29 is 9.47 Å². The van der Waals surface area contributed by atoms with Gasteiger partial charge in [0, 0.05) is 26.4 Å². The van der Waals surface area contributed by atoms with Gasteiger partial charge in [-0.05, 0) is 38.5 Å². The monoisotopic (exact) mass is 204 g/mol. The third-order valence-electron chi connectivity index (χ3n) is 2.15.